The van der Waals surface area contributed by atoms with Gasteiger partial charge < -0.3 is 14.0 Å². The molecule has 0 fully saturated rings. The van der Waals surface area contributed by atoms with Crippen molar-refractivity contribution in [2.24, 2.45) is 0 Å². The Balaban J connectivity index is 1.54. The van der Waals surface area contributed by atoms with Gasteiger partial charge in [0.2, 0.25) is 5.88 Å². The van der Waals surface area contributed by atoms with Gasteiger partial charge in [-0.15, -0.1) is 11.3 Å². The van der Waals surface area contributed by atoms with E-state index in [2.05, 4.69) is 26.1 Å². The van der Waals surface area contributed by atoms with Gasteiger partial charge in [-0.05, 0) is 23.9 Å². The van der Waals surface area contributed by atoms with Gasteiger partial charge in [0.15, 0.2) is 11.2 Å². The Morgan fingerprint density at radius 3 is 2.79 bits per heavy atom. The van der Waals surface area contributed by atoms with Crippen molar-refractivity contribution in [1.82, 2.24) is 29.3 Å². The van der Waals surface area contributed by atoms with Crippen LogP contribution < -0.4 is 4.74 Å². The predicted octanol–water partition coefficient (Wildman–Crippen LogP) is 3.88. The van der Waals surface area contributed by atoms with E-state index in [1.807, 2.05) is 46.3 Å². The molecule has 0 aliphatic carbocycles. The highest BCUT2D eigenvalue weighted by Gasteiger charge is 2.18. The molecule has 0 unspecified atom stereocenters. The van der Waals surface area contributed by atoms with Crippen LogP contribution in [-0.4, -0.2) is 41.9 Å². The molecular weight excluding hydrogens is 440 g/mol. The lowest BCUT2D eigenvalue weighted by Crippen LogP contribution is -2.08. The summed E-state index contributed by atoms with van der Waals surface area (Å²) < 4.78 is 14.5. The van der Waals surface area contributed by atoms with Gasteiger partial charge in [0.05, 0.1) is 31.2 Å². The van der Waals surface area contributed by atoms with Gasteiger partial charge in [-0.3, -0.25) is 0 Å². The van der Waals surface area contributed by atoms with Crippen molar-refractivity contribution in [1.29, 1.82) is 0 Å². The number of thiophene rings is 1. The number of fused-ring (bicyclic) bond motifs is 1. The third-order valence-corrected chi connectivity index (χ3v) is 5.70. The fourth-order valence-electron chi connectivity index (χ4n) is 3.27. The molecule has 166 valence electrons. The number of nitrogens with zero attached hydrogens (tertiary/aromatic N) is 6. The monoisotopic (exact) mass is 460 g/mol. The number of benzene rings is 1. The minimum absolute atomic E-state index is 0.272. The molecule has 0 bridgehead atoms. The third kappa shape index (κ3) is 4.46. The first-order chi connectivity index (χ1) is 16.2. The van der Waals surface area contributed by atoms with Gasteiger partial charge in [-0.1, -0.05) is 36.4 Å². The van der Waals surface area contributed by atoms with E-state index in [-0.39, 0.29) is 12.6 Å². The fourth-order valence-corrected chi connectivity index (χ4v) is 3.98. The number of ether oxygens (including phenoxy) is 2. The molecule has 0 aliphatic heterocycles. The summed E-state index contributed by atoms with van der Waals surface area (Å²) in [6, 6.07) is 13.9. The lowest BCUT2D eigenvalue weighted by Gasteiger charge is -2.09. The van der Waals surface area contributed by atoms with Crippen LogP contribution in [0.3, 0.4) is 0 Å². The van der Waals surface area contributed by atoms with Crippen LogP contribution in [0.4, 0.5) is 0 Å². The van der Waals surface area contributed by atoms with Gasteiger partial charge in [-0.25, -0.2) is 14.5 Å². The highest BCUT2D eigenvalue weighted by atomic mass is 32.1. The van der Waals surface area contributed by atoms with E-state index < -0.39 is 5.97 Å². The van der Waals surface area contributed by atoms with Crippen molar-refractivity contribution in [2.45, 2.75) is 20.1 Å². The van der Waals surface area contributed by atoms with Crippen LogP contribution in [0.1, 0.15) is 27.7 Å². The van der Waals surface area contributed by atoms with Gasteiger partial charge in [-0.2, -0.15) is 15.1 Å². The molecule has 9 nitrogen and oxygen atoms in total. The minimum atomic E-state index is -0.451. The van der Waals surface area contributed by atoms with Crippen LogP contribution in [0.2, 0.25) is 0 Å². The van der Waals surface area contributed by atoms with Crippen LogP contribution in [0, 0.1) is 0 Å². The lowest BCUT2D eigenvalue weighted by atomic mass is 10.2. The van der Waals surface area contributed by atoms with Crippen LogP contribution in [0.15, 0.2) is 66.6 Å². The van der Waals surface area contributed by atoms with E-state index in [4.69, 9.17) is 9.47 Å². The van der Waals surface area contributed by atoms with E-state index in [9.17, 15) is 4.79 Å². The molecule has 0 aliphatic rings. The maximum Gasteiger partial charge on any atom is 0.341 e. The highest BCUT2D eigenvalue weighted by molar-refractivity contribution is 7.09. The molecule has 4 heterocycles. The van der Waals surface area contributed by atoms with E-state index in [0.717, 1.165) is 5.56 Å². The Hall–Kier alpha value is -4.05. The van der Waals surface area contributed by atoms with E-state index in [1.165, 1.54) is 15.8 Å². The molecule has 0 radical (unpaired) electrons. The average molecular weight is 461 g/mol. The van der Waals surface area contributed by atoms with Crippen molar-refractivity contribution in [3.63, 3.8) is 0 Å². The van der Waals surface area contributed by atoms with E-state index >= 15 is 0 Å². The lowest BCUT2D eigenvalue weighted by molar-refractivity contribution is 0.0526. The zero-order valence-electron chi connectivity index (χ0n) is 17.8. The molecule has 10 heteroatoms. The topological polar surface area (TPSA) is 97.0 Å². The second-order valence-electron chi connectivity index (χ2n) is 7.12. The number of hydrogen-bond acceptors (Lipinski definition) is 8. The van der Waals surface area contributed by atoms with Crippen LogP contribution in [0.25, 0.3) is 17.1 Å². The second-order valence-corrected chi connectivity index (χ2v) is 8.15. The first-order valence-electron chi connectivity index (χ1n) is 10.4. The molecule has 0 N–H and O–H groups in total. The first-order valence-corrected chi connectivity index (χ1v) is 11.2. The second kappa shape index (κ2) is 9.21. The fraction of sp³-hybridized carbons (Fsp3) is 0.174. The Morgan fingerprint density at radius 1 is 1.12 bits per heavy atom. The minimum Gasteiger partial charge on any atom is -0.471 e. The highest BCUT2D eigenvalue weighted by Crippen LogP contribution is 2.25. The standard InChI is InChI=1S/C23H20N6O3S/c1-2-31-22(30)17-11-25-29(12-17)23-26-20-19(24-15-28(20)13-18-9-6-10-33-18)21(27-23)32-14-16-7-4-3-5-8-16/h3-12,15H,2,13-14H2,1H3. The molecule has 0 spiro atoms. The average Bonchev–Trinajstić information content (AvgIpc) is 3.60. The van der Waals surface area contributed by atoms with Crippen molar-refractivity contribution in [2.75, 3.05) is 6.61 Å². The van der Waals surface area contributed by atoms with Crippen LogP contribution >= 0.6 is 11.3 Å². The van der Waals surface area contributed by atoms with Crippen LogP contribution in [0.5, 0.6) is 5.88 Å². The molecule has 0 saturated carbocycles. The summed E-state index contributed by atoms with van der Waals surface area (Å²) in [6.07, 6.45) is 4.70. The van der Waals surface area contributed by atoms with Crippen LogP contribution in [-0.2, 0) is 17.9 Å². The Bertz CT molecular complexity index is 1380. The molecule has 33 heavy (non-hydrogen) atoms. The summed E-state index contributed by atoms with van der Waals surface area (Å²) in [7, 11) is 0. The van der Waals surface area contributed by atoms with Gasteiger partial charge in [0.1, 0.15) is 6.61 Å². The first kappa shape index (κ1) is 20.8. The molecule has 4 aromatic heterocycles. The zero-order chi connectivity index (χ0) is 22.6. The van der Waals surface area contributed by atoms with E-state index in [1.54, 1.807) is 30.8 Å². The van der Waals surface area contributed by atoms with Gasteiger partial charge in [0.25, 0.3) is 5.95 Å². The molecule has 5 rings (SSSR count). The molecule has 5 aromatic rings. The largest absolute Gasteiger partial charge is 0.471 e. The van der Waals surface area contributed by atoms with E-state index in [0.29, 0.717) is 35.8 Å². The quantitative estimate of drug-likeness (QED) is 0.324. The van der Waals surface area contributed by atoms with Gasteiger partial charge >= 0.3 is 5.97 Å². The third-order valence-electron chi connectivity index (χ3n) is 4.84. The SMILES string of the molecule is CCOC(=O)c1cnn(-c2nc(OCc3ccccc3)c3ncn(Cc4cccs4)c3n2)c1. The Kier molecular flexibility index (Phi) is 5.81. The van der Waals surface area contributed by atoms with Crippen molar-refractivity contribution >= 4 is 28.5 Å². The summed E-state index contributed by atoms with van der Waals surface area (Å²) in [6.45, 7) is 2.99. The summed E-state index contributed by atoms with van der Waals surface area (Å²) in [4.78, 5) is 27.0. The molecule has 0 atom stereocenters. The number of esters is 1. The molecular formula is C23H20N6O3S. The number of carbonyl (C=O) groups excluding carboxylic acids is 1. The summed E-state index contributed by atoms with van der Waals surface area (Å²) in [5.74, 6) is 0.166. The van der Waals surface area contributed by atoms with Gasteiger partial charge in [0, 0.05) is 11.1 Å². The number of imidazole rings is 1. The number of rotatable bonds is 8. The Morgan fingerprint density at radius 2 is 2.00 bits per heavy atom. The summed E-state index contributed by atoms with van der Waals surface area (Å²) in [5.41, 5.74) is 2.50. The maximum atomic E-state index is 12.1. The summed E-state index contributed by atoms with van der Waals surface area (Å²) in [5, 5.41) is 6.29. The van der Waals surface area contributed by atoms with Crippen molar-refractivity contribution in [3.8, 4) is 11.8 Å². The predicted molar refractivity (Wildman–Crippen MR) is 123 cm³/mol. The zero-order valence-corrected chi connectivity index (χ0v) is 18.6. The molecule has 0 amide bonds. The van der Waals surface area contributed by atoms with Crippen molar-refractivity contribution < 1.29 is 14.3 Å². The summed E-state index contributed by atoms with van der Waals surface area (Å²) >= 11 is 1.66. The number of aromatic nitrogens is 6. The molecule has 0 saturated heterocycles. The Labute approximate surface area is 193 Å². The number of hydrogen-bond donors (Lipinski definition) is 0. The normalized spacial score (nSPS) is 11.1. The molecule has 1 aromatic carbocycles. The van der Waals surface area contributed by atoms with Crippen molar-refractivity contribution in [3.05, 3.63) is 82.6 Å². The maximum absolute atomic E-state index is 12.1. The number of carbonyl (C=O) groups is 1. The smallest absolute Gasteiger partial charge is 0.341 e.